The molecule has 0 saturated carbocycles. The van der Waals surface area contributed by atoms with Crippen LogP contribution in [0.15, 0.2) is 6.20 Å². The van der Waals surface area contributed by atoms with Crippen LogP contribution in [0.2, 0.25) is 0 Å². The predicted octanol–water partition coefficient (Wildman–Crippen LogP) is 0.558. The summed E-state index contributed by atoms with van der Waals surface area (Å²) in [4.78, 5) is 17.4. The van der Waals surface area contributed by atoms with Crippen LogP contribution in [0, 0.1) is 6.92 Å². The van der Waals surface area contributed by atoms with Crippen LogP contribution in [0.1, 0.15) is 17.9 Å². The fraction of sp³-hybridized carbons (Fsp3) is 0.429. The molecule has 4 nitrogen and oxygen atoms in total. The lowest BCUT2D eigenvalue weighted by Gasteiger charge is -1.91. The van der Waals surface area contributed by atoms with Crippen LogP contribution in [0.3, 0.4) is 0 Å². The van der Waals surface area contributed by atoms with Crippen molar-refractivity contribution in [2.24, 2.45) is 5.73 Å². The zero-order valence-electron chi connectivity index (χ0n) is 6.83. The molecule has 0 aliphatic heterocycles. The van der Waals surface area contributed by atoms with Gasteiger partial charge >= 0.3 is 0 Å². The molecule has 0 radical (unpaired) electrons. The summed E-state index contributed by atoms with van der Waals surface area (Å²) in [5, 5.41) is 0. The van der Waals surface area contributed by atoms with Crippen LogP contribution in [0.25, 0.3) is 0 Å². The first-order valence-corrected chi connectivity index (χ1v) is 3.47. The third kappa shape index (κ3) is 3.39. The Morgan fingerprint density at radius 1 is 1.75 bits per heavy atom. The largest absolute Gasteiger partial charge is 0.370 e. The number of amides is 1. The van der Waals surface area contributed by atoms with E-state index in [4.69, 9.17) is 5.73 Å². The van der Waals surface area contributed by atoms with Crippen molar-refractivity contribution in [2.75, 3.05) is 0 Å². The lowest BCUT2D eigenvalue weighted by atomic mass is 10.2. The monoisotopic (exact) mass is 189 g/mol. The molecule has 1 heterocycles. The highest BCUT2D eigenvalue weighted by Gasteiger charge is 1.98. The highest BCUT2D eigenvalue weighted by atomic mass is 35.5. The summed E-state index contributed by atoms with van der Waals surface area (Å²) >= 11 is 0. The molecule has 0 aliphatic carbocycles. The topological polar surface area (TPSA) is 71.8 Å². The number of rotatable bonds is 3. The van der Waals surface area contributed by atoms with Gasteiger partial charge in [-0.15, -0.1) is 12.4 Å². The number of hydrogen-bond acceptors (Lipinski definition) is 2. The van der Waals surface area contributed by atoms with E-state index in [1.54, 1.807) is 6.20 Å². The molecule has 0 aromatic carbocycles. The zero-order valence-corrected chi connectivity index (χ0v) is 7.65. The number of nitrogens with zero attached hydrogens (tertiary/aromatic N) is 1. The molecule has 0 spiro atoms. The van der Waals surface area contributed by atoms with Gasteiger partial charge in [0.15, 0.2) is 0 Å². The second-order valence-electron chi connectivity index (χ2n) is 2.46. The predicted molar refractivity (Wildman–Crippen MR) is 48.1 cm³/mol. The van der Waals surface area contributed by atoms with Crippen molar-refractivity contribution in [1.29, 1.82) is 0 Å². The van der Waals surface area contributed by atoms with Crippen LogP contribution in [0.4, 0.5) is 0 Å². The quantitative estimate of drug-likeness (QED) is 0.729. The van der Waals surface area contributed by atoms with E-state index >= 15 is 0 Å². The number of aromatic amines is 1. The minimum Gasteiger partial charge on any atom is -0.370 e. The Hall–Kier alpha value is -1.03. The molecule has 0 saturated heterocycles. The van der Waals surface area contributed by atoms with Gasteiger partial charge in [-0.25, -0.2) is 4.98 Å². The number of imidazole rings is 1. The maximum atomic E-state index is 10.4. The number of primary amides is 1. The molecular formula is C7H12ClN3O. The zero-order chi connectivity index (χ0) is 8.27. The van der Waals surface area contributed by atoms with Gasteiger partial charge in [0.1, 0.15) is 5.82 Å². The van der Waals surface area contributed by atoms with E-state index in [0.717, 1.165) is 11.5 Å². The Labute approximate surface area is 77.0 Å². The van der Waals surface area contributed by atoms with Gasteiger partial charge in [-0.2, -0.15) is 0 Å². The normalized spacial score (nSPS) is 9.08. The third-order valence-electron chi connectivity index (χ3n) is 1.40. The van der Waals surface area contributed by atoms with Gasteiger partial charge in [-0.3, -0.25) is 4.79 Å². The second-order valence-corrected chi connectivity index (χ2v) is 2.46. The number of aryl methyl sites for hydroxylation is 2. The third-order valence-corrected chi connectivity index (χ3v) is 1.40. The van der Waals surface area contributed by atoms with E-state index in [9.17, 15) is 4.79 Å². The summed E-state index contributed by atoms with van der Waals surface area (Å²) in [7, 11) is 0. The average Bonchev–Trinajstić information content (AvgIpc) is 2.31. The van der Waals surface area contributed by atoms with Crippen molar-refractivity contribution in [3.05, 3.63) is 17.7 Å². The van der Waals surface area contributed by atoms with Crippen molar-refractivity contribution in [3.63, 3.8) is 0 Å². The number of carbonyl (C=O) groups excluding carboxylic acids is 1. The van der Waals surface area contributed by atoms with Gasteiger partial charge < -0.3 is 10.7 Å². The Balaban J connectivity index is 0.00000121. The minimum atomic E-state index is -0.280. The maximum Gasteiger partial charge on any atom is 0.217 e. The molecule has 5 heteroatoms. The lowest BCUT2D eigenvalue weighted by molar-refractivity contribution is -0.118. The Morgan fingerprint density at radius 3 is 2.83 bits per heavy atom. The first-order chi connectivity index (χ1) is 5.18. The molecule has 1 aromatic heterocycles. The molecule has 12 heavy (non-hydrogen) atoms. The molecule has 3 N–H and O–H groups in total. The van der Waals surface area contributed by atoms with Crippen molar-refractivity contribution < 1.29 is 4.79 Å². The number of nitrogens with two attached hydrogens (primary N) is 1. The van der Waals surface area contributed by atoms with Gasteiger partial charge in [0.25, 0.3) is 0 Å². The van der Waals surface area contributed by atoms with Gasteiger partial charge in [0.05, 0.1) is 0 Å². The van der Waals surface area contributed by atoms with Crippen LogP contribution in [0.5, 0.6) is 0 Å². The van der Waals surface area contributed by atoms with E-state index in [1.165, 1.54) is 0 Å². The summed E-state index contributed by atoms with van der Waals surface area (Å²) in [6.07, 6.45) is 2.75. The minimum absolute atomic E-state index is 0. The van der Waals surface area contributed by atoms with Gasteiger partial charge in [-0.05, 0) is 13.3 Å². The maximum absolute atomic E-state index is 10.4. The number of aromatic nitrogens is 2. The SMILES string of the molecule is Cc1ncc(CCC(N)=O)[nH]1.Cl. The van der Waals surface area contributed by atoms with E-state index in [1.807, 2.05) is 6.92 Å². The summed E-state index contributed by atoms with van der Waals surface area (Å²) < 4.78 is 0. The van der Waals surface area contributed by atoms with Crippen LogP contribution in [-0.4, -0.2) is 15.9 Å². The van der Waals surface area contributed by atoms with Crippen molar-refractivity contribution in [2.45, 2.75) is 19.8 Å². The van der Waals surface area contributed by atoms with E-state index < -0.39 is 0 Å². The van der Waals surface area contributed by atoms with Crippen molar-refractivity contribution in [3.8, 4) is 0 Å². The first kappa shape index (κ1) is 11.0. The average molecular weight is 190 g/mol. The molecule has 0 atom stereocenters. The first-order valence-electron chi connectivity index (χ1n) is 3.47. The highest BCUT2D eigenvalue weighted by Crippen LogP contribution is 1.98. The summed E-state index contributed by atoms with van der Waals surface area (Å²) in [6.45, 7) is 1.87. The molecular weight excluding hydrogens is 178 g/mol. The number of nitrogens with one attached hydrogen (secondary N) is 1. The van der Waals surface area contributed by atoms with Crippen LogP contribution in [-0.2, 0) is 11.2 Å². The fourth-order valence-corrected chi connectivity index (χ4v) is 0.857. The Kier molecular flexibility index (Phi) is 4.36. The molecule has 0 bridgehead atoms. The van der Waals surface area contributed by atoms with E-state index in [0.29, 0.717) is 12.8 Å². The van der Waals surface area contributed by atoms with Crippen molar-refractivity contribution >= 4 is 18.3 Å². The van der Waals surface area contributed by atoms with Crippen LogP contribution >= 0.6 is 12.4 Å². The number of H-pyrrole nitrogens is 1. The van der Waals surface area contributed by atoms with Gasteiger partial charge in [0.2, 0.25) is 5.91 Å². The molecule has 68 valence electrons. The molecule has 0 aliphatic rings. The molecule has 1 amide bonds. The van der Waals surface area contributed by atoms with E-state index in [-0.39, 0.29) is 18.3 Å². The van der Waals surface area contributed by atoms with E-state index in [2.05, 4.69) is 9.97 Å². The van der Waals surface area contributed by atoms with Gasteiger partial charge in [0, 0.05) is 18.3 Å². The number of hydrogen-bond donors (Lipinski definition) is 2. The molecule has 0 unspecified atom stereocenters. The van der Waals surface area contributed by atoms with Crippen LogP contribution < -0.4 is 5.73 Å². The molecule has 0 fully saturated rings. The Bertz CT molecular complexity index is 259. The fourth-order valence-electron chi connectivity index (χ4n) is 0.857. The Morgan fingerprint density at radius 2 is 2.42 bits per heavy atom. The summed E-state index contributed by atoms with van der Waals surface area (Å²) in [6, 6.07) is 0. The molecule has 1 rings (SSSR count). The summed E-state index contributed by atoms with van der Waals surface area (Å²) in [5.74, 6) is 0.585. The highest BCUT2D eigenvalue weighted by molar-refractivity contribution is 5.85. The number of halogens is 1. The lowest BCUT2D eigenvalue weighted by Crippen LogP contribution is -2.11. The second kappa shape index (κ2) is 4.77. The van der Waals surface area contributed by atoms with Gasteiger partial charge in [-0.1, -0.05) is 0 Å². The summed E-state index contributed by atoms with van der Waals surface area (Å²) in [5.41, 5.74) is 5.93. The number of carbonyl (C=O) groups is 1. The smallest absolute Gasteiger partial charge is 0.217 e. The van der Waals surface area contributed by atoms with Crippen molar-refractivity contribution in [1.82, 2.24) is 9.97 Å². The standard InChI is InChI=1S/C7H11N3O.ClH/c1-5-9-4-6(10-5)2-3-7(8)11;/h4H,2-3H2,1H3,(H2,8,11)(H,9,10);1H. The molecule has 1 aromatic rings.